The summed E-state index contributed by atoms with van der Waals surface area (Å²) < 4.78 is 28.0. The maximum Gasteiger partial charge on any atom is 0.338 e. The molecular weight excluding hydrogens is 304 g/mol. The van der Waals surface area contributed by atoms with Crippen LogP contribution in [0.2, 0.25) is 0 Å². The van der Waals surface area contributed by atoms with Crippen LogP contribution in [-0.4, -0.2) is 14.4 Å². The van der Waals surface area contributed by atoms with E-state index >= 15 is 0 Å². The molecule has 2 rings (SSSR count). The Bertz CT molecular complexity index is 773. The van der Waals surface area contributed by atoms with Crippen molar-refractivity contribution in [2.24, 2.45) is 10.9 Å². The average Bonchev–Trinajstić information content (AvgIpc) is 2.52. The molecule has 0 atom stereocenters. The number of sulfonamides is 1. The Hall–Kier alpha value is -2.22. The minimum atomic E-state index is -3.90. The topological polar surface area (TPSA) is 112 Å². The van der Waals surface area contributed by atoms with Crippen LogP contribution in [0.1, 0.15) is 21.5 Å². The van der Waals surface area contributed by atoms with E-state index in [1.165, 1.54) is 18.2 Å². The molecule has 0 fully saturated rings. The van der Waals surface area contributed by atoms with E-state index in [0.717, 1.165) is 5.56 Å². The molecule has 2 aromatic carbocycles. The van der Waals surface area contributed by atoms with Crippen molar-refractivity contribution < 1.29 is 17.9 Å². The number of ether oxygens (including phenoxy) is 1. The van der Waals surface area contributed by atoms with Crippen molar-refractivity contribution in [3.8, 4) is 0 Å². The highest BCUT2D eigenvalue weighted by Gasteiger charge is 2.17. The molecule has 0 unspecified atom stereocenters. The monoisotopic (exact) mass is 320 g/mol. The van der Waals surface area contributed by atoms with E-state index in [-0.39, 0.29) is 23.6 Å². The highest BCUT2D eigenvalue weighted by Crippen LogP contribution is 2.17. The van der Waals surface area contributed by atoms with E-state index in [0.29, 0.717) is 5.56 Å². The lowest BCUT2D eigenvalue weighted by molar-refractivity contribution is 0.0471. The summed E-state index contributed by atoms with van der Waals surface area (Å²) in [7, 11) is -3.90. The molecule has 0 radical (unpaired) electrons. The molecule has 0 amide bonds. The number of carbonyl (C=O) groups excluding carboxylic acids is 1. The molecule has 0 aromatic heterocycles. The van der Waals surface area contributed by atoms with Gasteiger partial charge in [-0.1, -0.05) is 36.4 Å². The van der Waals surface area contributed by atoms with Crippen LogP contribution < -0.4 is 10.9 Å². The Morgan fingerprint density at radius 1 is 1.09 bits per heavy atom. The van der Waals surface area contributed by atoms with Gasteiger partial charge in [-0.15, -0.1) is 0 Å². The first-order valence-electron chi connectivity index (χ1n) is 6.48. The first-order chi connectivity index (χ1) is 10.4. The van der Waals surface area contributed by atoms with Crippen molar-refractivity contribution in [2.45, 2.75) is 18.0 Å². The lowest BCUT2D eigenvalue weighted by Crippen LogP contribution is -2.16. The quantitative estimate of drug-likeness (QED) is 0.802. The molecule has 7 heteroatoms. The van der Waals surface area contributed by atoms with Crippen LogP contribution in [0.25, 0.3) is 0 Å². The van der Waals surface area contributed by atoms with Crippen LogP contribution in [0.15, 0.2) is 53.4 Å². The van der Waals surface area contributed by atoms with Crippen molar-refractivity contribution >= 4 is 16.0 Å². The molecule has 0 bridgehead atoms. The fraction of sp³-hybridized carbons (Fsp3) is 0.133. The molecule has 0 spiro atoms. The highest BCUT2D eigenvalue weighted by atomic mass is 32.2. The molecule has 116 valence electrons. The zero-order valence-electron chi connectivity index (χ0n) is 11.7. The van der Waals surface area contributed by atoms with Crippen LogP contribution >= 0.6 is 0 Å². The first kappa shape index (κ1) is 16.2. The molecule has 4 N–H and O–H groups in total. The maximum absolute atomic E-state index is 12.2. The molecule has 0 saturated carbocycles. The van der Waals surface area contributed by atoms with E-state index in [4.69, 9.17) is 15.6 Å². The van der Waals surface area contributed by atoms with E-state index in [9.17, 15) is 13.2 Å². The number of primary sulfonamides is 1. The normalized spacial score (nSPS) is 11.2. The molecule has 2 aromatic rings. The van der Waals surface area contributed by atoms with Gasteiger partial charge in [0.2, 0.25) is 10.0 Å². The van der Waals surface area contributed by atoms with Gasteiger partial charge in [-0.05, 0) is 23.3 Å². The molecule has 0 heterocycles. The van der Waals surface area contributed by atoms with Crippen LogP contribution in [-0.2, 0) is 27.9 Å². The van der Waals surface area contributed by atoms with Gasteiger partial charge in [0.15, 0.2) is 0 Å². The summed E-state index contributed by atoms with van der Waals surface area (Å²) in [6, 6.07) is 13.1. The number of benzene rings is 2. The zero-order chi connectivity index (χ0) is 16.2. The molecular formula is C15H16N2O4S. The Morgan fingerprint density at radius 3 is 2.36 bits per heavy atom. The summed E-state index contributed by atoms with van der Waals surface area (Å²) in [5.74, 6) is -0.644. The second-order valence-corrected chi connectivity index (χ2v) is 6.19. The Labute approximate surface area is 128 Å². The minimum Gasteiger partial charge on any atom is -0.457 e. The number of esters is 1. The third-order valence-electron chi connectivity index (χ3n) is 3.06. The summed E-state index contributed by atoms with van der Waals surface area (Å²) in [6.45, 7) is 0.171. The smallest absolute Gasteiger partial charge is 0.338 e. The maximum atomic E-state index is 12.2. The van der Waals surface area contributed by atoms with Gasteiger partial charge in [0.05, 0.1) is 10.5 Å². The van der Waals surface area contributed by atoms with Crippen LogP contribution in [0.4, 0.5) is 0 Å². The van der Waals surface area contributed by atoms with Gasteiger partial charge in [-0.2, -0.15) is 0 Å². The second kappa shape index (κ2) is 6.69. The third-order valence-corrected chi connectivity index (χ3v) is 3.97. The lowest BCUT2D eigenvalue weighted by Gasteiger charge is -2.10. The number of nitrogens with two attached hydrogens (primary N) is 2. The standard InChI is InChI=1S/C15H16N2O4S/c16-9-12-6-7-13(22(17,19)20)8-14(12)15(18)21-10-11-4-2-1-3-5-11/h1-8H,9-10,16H2,(H2,17,19,20). The van der Waals surface area contributed by atoms with Crippen molar-refractivity contribution in [3.05, 3.63) is 65.2 Å². The summed E-state index contributed by atoms with van der Waals surface area (Å²) >= 11 is 0. The fourth-order valence-corrected chi connectivity index (χ4v) is 2.44. The molecule has 0 aliphatic carbocycles. The van der Waals surface area contributed by atoms with E-state index in [2.05, 4.69) is 0 Å². The summed E-state index contributed by atoms with van der Waals surface area (Å²) in [5.41, 5.74) is 6.99. The van der Waals surface area contributed by atoms with Crippen molar-refractivity contribution in [1.82, 2.24) is 0 Å². The lowest BCUT2D eigenvalue weighted by atomic mass is 10.1. The van der Waals surface area contributed by atoms with E-state index in [1.807, 2.05) is 30.3 Å². The SMILES string of the molecule is NCc1ccc(S(N)(=O)=O)cc1C(=O)OCc1ccccc1. The van der Waals surface area contributed by atoms with E-state index in [1.54, 1.807) is 0 Å². The molecule has 0 saturated heterocycles. The Morgan fingerprint density at radius 2 is 1.77 bits per heavy atom. The number of hydrogen-bond donors (Lipinski definition) is 2. The van der Waals surface area contributed by atoms with Gasteiger partial charge in [0, 0.05) is 6.54 Å². The Balaban J connectivity index is 2.24. The van der Waals surface area contributed by atoms with Crippen molar-refractivity contribution in [2.75, 3.05) is 0 Å². The van der Waals surface area contributed by atoms with E-state index < -0.39 is 16.0 Å². The van der Waals surface area contributed by atoms with Crippen LogP contribution in [0.3, 0.4) is 0 Å². The first-order valence-corrected chi connectivity index (χ1v) is 8.03. The van der Waals surface area contributed by atoms with Gasteiger partial charge in [-0.3, -0.25) is 0 Å². The number of hydrogen-bond acceptors (Lipinski definition) is 5. The van der Waals surface area contributed by atoms with Crippen molar-refractivity contribution in [1.29, 1.82) is 0 Å². The summed E-state index contributed by atoms with van der Waals surface area (Å²) in [5, 5.41) is 5.07. The van der Waals surface area contributed by atoms with Gasteiger partial charge in [0.1, 0.15) is 6.61 Å². The highest BCUT2D eigenvalue weighted by molar-refractivity contribution is 7.89. The van der Waals surface area contributed by atoms with Gasteiger partial charge < -0.3 is 10.5 Å². The number of rotatable bonds is 5. The number of carbonyl (C=O) groups is 1. The average molecular weight is 320 g/mol. The van der Waals surface area contributed by atoms with Gasteiger partial charge in [-0.25, -0.2) is 18.4 Å². The van der Waals surface area contributed by atoms with Gasteiger partial charge in [0.25, 0.3) is 0 Å². The predicted molar refractivity (Wildman–Crippen MR) is 81.3 cm³/mol. The second-order valence-electron chi connectivity index (χ2n) is 4.63. The third kappa shape index (κ3) is 3.91. The molecule has 0 aliphatic heterocycles. The van der Waals surface area contributed by atoms with Gasteiger partial charge >= 0.3 is 5.97 Å². The molecule has 22 heavy (non-hydrogen) atoms. The summed E-state index contributed by atoms with van der Waals surface area (Å²) in [6.07, 6.45) is 0. The minimum absolute atomic E-state index is 0.0840. The molecule has 0 aliphatic rings. The largest absolute Gasteiger partial charge is 0.457 e. The fourth-order valence-electron chi connectivity index (χ4n) is 1.90. The Kier molecular flexibility index (Phi) is 4.92. The van der Waals surface area contributed by atoms with Crippen LogP contribution in [0, 0.1) is 0 Å². The molecule has 6 nitrogen and oxygen atoms in total. The van der Waals surface area contributed by atoms with Crippen molar-refractivity contribution in [3.63, 3.8) is 0 Å². The van der Waals surface area contributed by atoms with Crippen LogP contribution in [0.5, 0.6) is 0 Å². The zero-order valence-corrected chi connectivity index (χ0v) is 12.5. The summed E-state index contributed by atoms with van der Waals surface area (Å²) in [4.78, 5) is 12.0. The predicted octanol–water partition coefficient (Wildman–Crippen LogP) is 1.15.